The Morgan fingerprint density at radius 2 is 2.16 bits per heavy atom. The maximum Gasteiger partial charge on any atom is 0.227 e. The molecule has 1 aliphatic carbocycles. The largest absolute Gasteiger partial charge is 0.339 e. The molecule has 1 heterocycles. The number of rotatable bonds is 6. The second-order valence-electron chi connectivity index (χ2n) is 5.61. The molecule has 0 aromatic carbocycles. The van der Waals surface area contributed by atoms with Gasteiger partial charge in [-0.05, 0) is 31.1 Å². The topological polar surface area (TPSA) is 51.0 Å². The lowest BCUT2D eigenvalue weighted by molar-refractivity contribution is 0.248. The van der Waals surface area contributed by atoms with Gasteiger partial charge in [-0.3, -0.25) is 0 Å². The van der Waals surface area contributed by atoms with Crippen molar-refractivity contribution in [2.75, 3.05) is 7.05 Å². The van der Waals surface area contributed by atoms with Crippen molar-refractivity contribution in [3.63, 3.8) is 0 Å². The second-order valence-corrected chi connectivity index (χ2v) is 7.17. The summed E-state index contributed by atoms with van der Waals surface area (Å²) in [5.74, 6) is 3.14. The first-order valence-corrected chi connectivity index (χ1v) is 8.34. The molecule has 1 aliphatic rings. The van der Waals surface area contributed by atoms with Gasteiger partial charge in [0.05, 0.1) is 5.75 Å². The normalized spacial score (nSPS) is 24.0. The van der Waals surface area contributed by atoms with Crippen LogP contribution in [0.4, 0.5) is 0 Å². The minimum Gasteiger partial charge on any atom is -0.339 e. The van der Waals surface area contributed by atoms with Crippen LogP contribution in [0.1, 0.15) is 51.2 Å². The number of hydrogen-bond donors (Lipinski definition) is 1. The van der Waals surface area contributed by atoms with Crippen LogP contribution in [0.25, 0.3) is 0 Å². The molecule has 1 fully saturated rings. The summed E-state index contributed by atoms with van der Waals surface area (Å²) in [5.41, 5.74) is 0. The number of hydrogen-bond acceptors (Lipinski definition) is 5. The maximum absolute atomic E-state index is 5.39. The van der Waals surface area contributed by atoms with E-state index in [1.54, 1.807) is 0 Å². The first-order chi connectivity index (χ1) is 9.19. The van der Waals surface area contributed by atoms with Crippen LogP contribution in [0.3, 0.4) is 0 Å². The fourth-order valence-electron chi connectivity index (χ4n) is 2.73. The van der Waals surface area contributed by atoms with Gasteiger partial charge in [-0.2, -0.15) is 16.7 Å². The van der Waals surface area contributed by atoms with Gasteiger partial charge in [0.1, 0.15) is 0 Å². The van der Waals surface area contributed by atoms with Gasteiger partial charge in [-0.25, -0.2) is 0 Å². The summed E-state index contributed by atoms with van der Waals surface area (Å²) >= 11 is 1.85. The van der Waals surface area contributed by atoms with Crippen molar-refractivity contribution in [1.29, 1.82) is 0 Å². The van der Waals surface area contributed by atoms with Crippen molar-refractivity contribution >= 4 is 11.8 Å². The van der Waals surface area contributed by atoms with E-state index in [4.69, 9.17) is 4.52 Å². The van der Waals surface area contributed by atoms with Gasteiger partial charge in [0, 0.05) is 12.5 Å². The number of aromatic nitrogens is 2. The van der Waals surface area contributed by atoms with Gasteiger partial charge >= 0.3 is 0 Å². The fourth-order valence-corrected chi connectivity index (χ4v) is 3.33. The molecule has 108 valence electrons. The van der Waals surface area contributed by atoms with E-state index in [2.05, 4.69) is 36.4 Å². The maximum atomic E-state index is 5.39. The van der Waals surface area contributed by atoms with Gasteiger partial charge in [-0.1, -0.05) is 31.8 Å². The van der Waals surface area contributed by atoms with Crippen molar-refractivity contribution in [1.82, 2.24) is 15.5 Å². The monoisotopic (exact) mass is 283 g/mol. The average molecular weight is 283 g/mol. The molecular weight excluding hydrogens is 258 g/mol. The van der Waals surface area contributed by atoms with Crippen LogP contribution < -0.4 is 5.32 Å². The van der Waals surface area contributed by atoms with E-state index in [1.807, 2.05) is 11.8 Å². The van der Waals surface area contributed by atoms with Gasteiger partial charge in [-0.15, -0.1) is 0 Å². The molecule has 1 saturated carbocycles. The summed E-state index contributed by atoms with van der Waals surface area (Å²) in [7, 11) is 2.06. The molecule has 0 aliphatic heterocycles. The molecule has 0 spiro atoms. The lowest BCUT2D eigenvalue weighted by atomic mass is 9.82. The Kier molecular flexibility index (Phi) is 5.70. The van der Waals surface area contributed by atoms with Crippen molar-refractivity contribution in [2.24, 2.45) is 5.92 Å². The fraction of sp³-hybridized carbons (Fsp3) is 0.857. The Balaban J connectivity index is 1.88. The Hall–Kier alpha value is -0.550. The Morgan fingerprint density at radius 1 is 1.37 bits per heavy atom. The number of thioether (sulfide) groups is 1. The van der Waals surface area contributed by atoms with Gasteiger partial charge in [0.25, 0.3) is 0 Å². The van der Waals surface area contributed by atoms with Gasteiger partial charge in [0.15, 0.2) is 5.82 Å². The third-order valence-electron chi connectivity index (χ3n) is 3.77. The van der Waals surface area contributed by atoms with Crippen LogP contribution >= 0.6 is 11.8 Å². The SMILES string of the molecule is CNC1CCCCC1Cc1nc(CSC(C)C)no1. The molecule has 0 amide bonds. The van der Waals surface area contributed by atoms with Crippen LogP contribution in [-0.4, -0.2) is 28.5 Å². The standard InChI is InChI=1S/C14H25N3OS/c1-10(2)19-9-13-16-14(18-17-13)8-11-6-4-5-7-12(11)15-3/h10-12,15H,4-9H2,1-3H3. The van der Waals surface area contributed by atoms with Crippen molar-refractivity contribution in [2.45, 2.75) is 63.0 Å². The highest BCUT2D eigenvalue weighted by atomic mass is 32.2. The zero-order valence-corrected chi connectivity index (χ0v) is 13.0. The molecule has 5 heteroatoms. The van der Waals surface area contributed by atoms with Crippen LogP contribution in [0.5, 0.6) is 0 Å². The number of nitrogens with one attached hydrogen (secondary N) is 1. The molecule has 2 rings (SSSR count). The summed E-state index contributed by atoms with van der Waals surface area (Å²) < 4.78 is 5.39. The van der Waals surface area contributed by atoms with Crippen molar-refractivity contribution in [3.8, 4) is 0 Å². The predicted octanol–water partition coefficient (Wildman–Crippen LogP) is 3.03. The predicted molar refractivity (Wildman–Crippen MR) is 79.2 cm³/mol. The van der Waals surface area contributed by atoms with Crippen LogP contribution in [0, 0.1) is 5.92 Å². The Labute approximate surface area is 120 Å². The Bertz CT molecular complexity index is 381. The molecule has 2 unspecified atom stereocenters. The average Bonchev–Trinajstić information content (AvgIpc) is 2.85. The Morgan fingerprint density at radius 3 is 2.89 bits per heavy atom. The summed E-state index contributed by atoms with van der Waals surface area (Å²) in [4.78, 5) is 4.52. The first kappa shape index (κ1) is 14.9. The van der Waals surface area contributed by atoms with Crippen LogP contribution in [0.15, 0.2) is 4.52 Å². The highest BCUT2D eigenvalue weighted by Gasteiger charge is 2.25. The first-order valence-electron chi connectivity index (χ1n) is 7.29. The van der Waals surface area contributed by atoms with E-state index in [-0.39, 0.29) is 0 Å². The summed E-state index contributed by atoms with van der Waals surface area (Å²) in [6.45, 7) is 4.37. The molecular formula is C14H25N3OS. The van der Waals surface area contributed by atoms with E-state index >= 15 is 0 Å². The highest BCUT2D eigenvalue weighted by molar-refractivity contribution is 7.99. The minimum absolute atomic E-state index is 0.606. The quantitative estimate of drug-likeness (QED) is 0.869. The second kappa shape index (κ2) is 7.29. The lowest BCUT2D eigenvalue weighted by Gasteiger charge is -2.30. The van der Waals surface area contributed by atoms with E-state index in [0.29, 0.717) is 17.2 Å². The molecule has 1 aromatic rings. The zero-order chi connectivity index (χ0) is 13.7. The molecule has 1 N–H and O–H groups in total. The van der Waals surface area contributed by atoms with Crippen molar-refractivity contribution < 1.29 is 4.52 Å². The van der Waals surface area contributed by atoms with E-state index in [0.717, 1.165) is 23.9 Å². The van der Waals surface area contributed by atoms with E-state index in [1.165, 1.54) is 25.7 Å². The molecule has 2 atom stereocenters. The highest BCUT2D eigenvalue weighted by Crippen LogP contribution is 2.27. The third-order valence-corrected chi connectivity index (χ3v) is 4.86. The minimum atomic E-state index is 0.606. The molecule has 1 aromatic heterocycles. The van der Waals surface area contributed by atoms with Crippen molar-refractivity contribution in [3.05, 3.63) is 11.7 Å². The molecule has 4 nitrogen and oxygen atoms in total. The lowest BCUT2D eigenvalue weighted by Crippen LogP contribution is -2.37. The zero-order valence-electron chi connectivity index (χ0n) is 12.2. The molecule has 0 saturated heterocycles. The summed E-state index contributed by atoms with van der Waals surface area (Å²) in [5, 5.41) is 8.11. The molecule has 0 radical (unpaired) electrons. The van der Waals surface area contributed by atoms with Crippen LogP contribution in [-0.2, 0) is 12.2 Å². The third kappa shape index (κ3) is 4.49. The van der Waals surface area contributed by atoms with E-state index < -0.39 is 0 Å². The van der Waals surface area contributed by atoms with E-state index in [9.17, 15) is 0 Å². The van der Waals surface area contributed by atoms with Gasteiger partial charge < -0.3 is 9.84 Å². The summed E-state index contributed by atoms with van der Waals surface area (Å²) in [6, 6.07) is 0.606. The van der Waals surface area contributed by atoms with Crippen LogP contribution in [0.2, 0.25) is 0 Å². The summed E-state index contributed by atoms with van der Waals surface area (Å²) in [6.07, 6.45) is 6.12. The smallest absolute Gasteiger partial charge is 0.227 e. The number of nitrogens with zero attached hydrogens (tertiary/aromatic N) is 2. The molecule has 19 heavy (non-hydrogen) atoms. The van der Waals surface area contributed by atoms with Gasteiger partial charge in [0.2, 0.25) is 5.89 Å². The molecule has 0 bridgehead atoms.